The summed E-state index contributed by atoms with van der Waals surface area (Å²) in [5.74, 6) is 1.29. The number of ketones is 1. The third-order valence-electron chi connectivity index (χ3n) is 3.80. The first-order chi connectivity index (χ1) is 9.66. The van der Waals surface area contributed by atoms with Crippen LogP contribution >= 0.6 is 0 Å². The standard InChI is InChI=1S/C18H18O2/c1-12(2)13-6-8-14(9-7-13)17(19)16-5-3-4-15-10-11-20-18(15)16/h3-9,12H,10-11H2,1-2H3. The summed E-state index contributed by atoms with van der Waals surface area (Å²) in [6.45, 7) is 4.97. The van der Waals surface area contributed by atoms with Crippen LogP contribution in [0.15, 0.2) is 42.5 Å². The first kappa shape index (κ1) is 12.9. The molecule has 2 heteroatoms. The Morgan fingerprint density at radius 2 is 1.85 bits per heavy atom. The molecular weight excluding hydrogens is 248 g/mol. The van der Waals surface area contributed by atoms with Crippen LogP contribution in [0.3, 0.4) is 0 Å². The lowest BCUT2D eigenvalue weighted by Crippen LogP contribution is -2.04. The van der Waals surface area contributed by atoms with Crippen molar-refractivity contribution in [3.8, 4) is 5.75 Å². The molecule has 0 saturated carbocycles. The molecule has 0 aromatic heterocycles. The summed E-state index contributed by atoms with van der Waals surface area (Å²) in [4.78, 5) is 12.6. The third-order valence-corrected chi connectivity index (χ3v) is 3.80. The van der Waals surface area contributed by atoms with Crippen LogP contribution in [0, 0.1) is 0 Å². The van der Waals surface area contributed by atoms with Gasteiger partial charge in [-0.15, -0.1) is 0 Å². The normalized spacial score (nSPS) is 13.2. The predicted molar refractivity (Wildman–Crippen MR) is 79.6 cm³/mol. The van der Waals surface area contributed by atoms with Gasteiger partial charge in [0.15, 0.2) is 5.78 Å². The van der Waals surface area contributed by atoms with Gasteiger partial charge in [-0.1, -0.05) is 50.2 Å². The van der Waals surface area contributed by atoms with E-state index in [1.165, 1.54) is 5.56 Å². The van der Waals surface area contributed by atoms with Crippen molar-refractivity contribution in [3.63, 3.8) is 0 Å². The van der Waals surface area contributed by atoms with Gasteiger partial charge in [0, 0.05) is 12.0 Å². The summed E-state index contributed by atoms with van der Waals surface area (Å²) >= 11 is 0. The molecule has 0 N–H and O–H groups in total. The van der Waals surface area contributed by atoms with Crippen molar-refractivity contribution in [2.45, 2.75) is 26.2 Å². The molecule has 2 aromatic rings. The molecule has 1 heterocycles. The van der Waals surface area contributed by atoms with Gasteiger partial charge in [0.1, 0.15) is 5.75 Å². The number of hydrogen-bond acceptors (Lipinski definition) is 2. The molecule has 0 radical (unpaired) electrons. The lowest BCUT2D eigenvalue weighted by atomic mass is 9.96. The molecule has 102 valence electrons. The van der Waals surface area contributed by atoms with Crippen LogP contribution in [0.4, 0.5) is 0 Å². The fourth-order valence-corrected chi connectivity index (χ4v) is 2.57. The van der Waals surface area contributed by atoms with Crippen molar-refractivity contribution >= 4 is 5.78 Å². The molecule has 2 nitrogen and oxygen atoms in total. The molecular formula is C18H18O2. The highest BCUT2D eigenvalue weighted by molar-refractivity contribution is 6.11. The minimum atomic E-state index is 0.0408. The second-order valence-electron chi connectivity index (χ2n) is 5.50. The molecule has 2 aromatic carbocycles. The number of para-hydroxylation sites is 1. The molecule has 0 spiro atoms. The zero-order valence-electron chi connectivity index (χ0n) is 11.8. The van der Waals surface area contributed by atoms with Crippen molar-refractivity contribution in [3.05, 3.63) is 64.7 Å². The molecule has 3 rings (SSSR count). The molecule has 0 fully saturated rings. The summed E-state index contributed by atoms with van der Waals surface area (Å²) in [7, 11) is 0. The van der Waals surface area contributed by atoms with Gasteiger partial charge in [0.05, 0.1) is 12.2 Å². The molecule has 0 saturated heterocycles. The molecule has 0 atom stereocenters. The number of ether oxygens (including phenoxy) is 1. The first-order valence-electron chi connectivity index (χ1n) is 7.06. The first-order valence-corrected chi connectivity index (χ1v) is 7.06. The largest absolute Gasteiger partial charge is 0.492 e. The van der Waals surface area contributed by atoms with E-state index in [1.807, 2.05) is 42.5 Å². The van der Waals surface area contributed by atoms with Gasteiger partial charge in [0.25, 0.3) is 0 Å². The van der Waals surface area contributed by atoms with Gasteiger partial charge in [-0.3, -0.25) is 4.79 Å². The quantitative estimate of drug-likeness (QED) is 0.786. The Hall–Kier alpha value is -2.09. The average Bonchev–Trinajstić information content (AvgIpc) is 2.95. The Balaban J connectivity index is 1.95. The molecule has 1 aliphatic heterocycles. The van der Waals surface area contributed by atoms with Crippen LogP contribution in [-0.4, -0.2) is 12.4 Å². The van der Waals surface area contributed by atoms with Crippen LogP contribution in [0.25, 0.3) is 0 Å². The lowest BCUT2D eigenvalue weighted by Gasteiger charge is -2.09. The van der Waals surface area contributed by atoms with Crippen molar-refractivity contribution in [1.29, 1.82) is 0 Å². The maximum absolute atomic E-state index is 12.6. The Kier molecular flexibility index (Phi) is 3.31. The Labute approximate surface area is 119 Å². The Bertz CT molecular complexity index is 639. The van der Waals surface area contributed by atoms with Gasteiger partial charge >= 0.3 is 0 Å². The van der Waals surface area contributed by atoms with E-state index in [9.17, 15) is 4.79 Å². The fourth-order valence-electron chi connectivity index (χ4n) is 2.57. The van der Waals surface area contributed by atoms with Gasteiger partial charge in [-0.2, -0.15) is 0 Å². The van der Waals surface area contributed by atoms with E-state index >= 15 is 0 Å². The highest BCUT2D eigenvalue weighted by Crippen LogP contribution is 2.31. The summed E-state index contributed by atoms with van der Waals surface area (Å²) in [5.41, 5.74) is 3.78. The Morgan fingerprint density at radius 1 is 1.10 bits per heavy atom. The zero-order valence-corrected chi connectivity index (χ0v) is 11.8. The van der Waals surface area contributed by atoms with Crippen LogP contribution in [0.5, 0.6) is 5.75 Å². The maximum Gasteiger partial charge on any atom is 0.196 e. The van der Waals surface area contributed by atoms with E-state index in [4.69, 9.17) is 4.74 Å². The number of hydrogen-bond donors (Lipinski definition) is 0. The van der Waals surface area contributed by atoms with Gasteiger partial charge < -0.3 is 4.74 Å². The Morgan fingerprint density at radius 3 is 2.55 bits per heavy atom. The number of carbonyl (C=O) groups is 1. The molecule has 1 aliphatic rings. The van der Waals surface area contributed by atoms with Crippen molar-refractivity contribution < 1.29 is 9.53 Å². The smallest absolute Gasteiger partial charge is 0.196 e. The van der Waals surface area contributed by atoms with Crippen molar-refractivity contribution in [1.82, 2.24) is 0 Å². The van der Waals surface area contributed by atoms with Crippen LogP contribution in [-0.2, 0) is 6.42 Å². The number of benzene rings is 2. The average molecular weight is 266 g/mol. The van der Waals surface area contributed by atoms with E-state index in [-0.39, 0.29) is 5.78 Å². The van der Waals surface area contributed by atoms with Crippen LogP contribution in [0.2, 0.25) is 0 Å². The number of carbonyl (C=O) groups excluding carboxylic acids is 1. The van der Waals surface area contributed by atoms with Gasteiger partial charge in [0.2, 0.25) is 0 Å². The SMILES string of the molecule is CC(C)c1ccc(C(=O)c2cccc3c2OCC3)cc1. The minimum absolute atomic E-state index is 0.0408. The second kappa shape index (κ2) is 5.12. The van der Waals surface area contributed by atoms with E-state index < -0.39 is 0 Å². The zero-order chi connectivity index (χ0) is 14.1. The third kappa shape index (κ3) is 2.22. The van der Waals surface area contributed by atoms with Crippen molar-refractivity contribution in [2.75, 3.05) is 6.61 Å². The monoisotopic (exact) mass is 266 g/mol. The summed E-state index contributed by atoms with van der Waals surface area (Å²) in [6.07, 6.45) is 0.892. The number of fused-ring (bicyclic) bond motifs is 1. The van der Waals surface area contributed by atoms with E-state index in [0.717, 1.165) is 23.3 Å². The van der Waals surface area contributed by atoms with Crippen LogP contribution in [0.1, 0.15) is 46.8 Å². The fraction of sp³-hybridized carbons (Fsp3) is 0.278. The van der Waals surface area contributed by atoms with Crippen molar-refractivity contribution in [2.24, 2.45) is 0 Å². The molecule has 0 unspecified atom stereocenters. The maximum atomic E-state index is 12.6. The number of rotatable bonds is 3. The lowest BCUT2D eigenvalue weighted by molar-refractivity contribution is 0.103. The topological polar surface area (TPSA) is 26.3 Å². The summed E-state index contributed by atoms with van der Waals surface area (Å²) in [5, 5.41) is 0. The second-order valence-corrected chi connectivity index (χ2v) is 5.50. The predicted octanol–water partition coefficient (Wildman–Crippen LogP) is 3.98. The van der Waals surface area contributed by atoms with Gasteiger partial charge in [-0.25, -0.2) is 0 Å². The van der Waals surface area contributed by atoms with Crippen LogP contribution < -0.4 is 4.74 Å². The summed E-state index contributed by atoms with van der Waals surface area (Å²) in [6, 6.07) is 13.7. The summed E-state index contributed by atoms with van der Waals surface area (Å²) < 4.78 is 5.61. The molecule has 0 aliphatic carbocycles. The highest BCUT2D eigenvalue weighted by Gasteiger charge is 2.21. The molecule has 20 heavy (non-hydrogen) atoms. The molecule has 0 bridgehead atoms. The minimum Gasteiger partial charge on any atom is -0.492 e. The highest BCUT2D eigenvalue weighted by atomic mass is 16.5. The van der Waals surface area contributed by atoms with E-state index in [0.29, 0.717) is 18.1 Å². The molecule has 0 amide bonds. The van der Waals surface area contributed by atoms with E-state index in [2.05, 4.69) is 13.8 Å². The van der Waals surface area contributed by atoms with E-state index in [1.54, 1.807) is 0 Å². The van der Waals surface area contributed by atoms with Gasteiger partial charge in [-0.05, 0) is 23.1 Å².